The van der Waals surface area contributed by atoms with Crippen LogP contribution in [-0.2, 0) is 14.8 Å². The predicted molar refractivity (Wildman–Crippen MR) is 81.7 cm³/mol. The molecule has 1 aliphatic rings. The topological polar surface area (TPSA) is 79.0 Å². The fourth-order valence-corrected chi connectivity index (χ4v) is 3.58. The Kier molecular flexibility index (Phi) is 6.89. The van der Waals surface area contributed by atoms with Gasteiger partial charge >= 0.3 is 6.03 Å². The van der Waals surface area contributed by atoms with Gasteiger partial charge in [-0.1, -0.05) is 0 Å². The van der Waals surface area contributed by atoms with Crippen molar-refractivity contribution < 1.29 is 17.9 Å². The van der Waals surface area contributed by atoms with Gasteiger partial charge in [0.05, 0.1) is 19.0 Å². The SMILES string of the molecule is CC(C)N(CCCNC(=O)N1CCO[C@H](C)C1)S(C)(=O)=O. The Labute approximate surface area is 127 Å². The van der Waals surface area contributed by atoms with E-state index in [-0.39, 0.29) is 18.2 Å². The highest BCUT2D eigenvalue weighted by Gasteiger charge is 2.22. The third-order valence-corrected chi connectivity index (χ3v) is 4.82. The number of urea groups is 1. The molecule has 1 rings (SSSR count). The maximum atomic E-state index is 11.9. The van der Waals surface area contributed by atoms with Crippen LogP contribution in [0.5, 0.6) is 0 Å². The fourth-order valence-electron chi connectivity index (χ4n) is 2.35. The number of rotatable bonds is 6. The van der Waals surface area contributed by atoms with Gasteiger partial charge < -0.3 is 15.0 Å². The molecular formula is C13H27N3O4S. The quantitative estimate of drug-likeness (QED) is 0.722. The van der Waals surface area contributed by atoms with E-state index in [1.807, 2.05) is 20.8 Å². The maximum Gasteiger partial charge on any atom is 0.317 e. The summed E-state index contributed by atoms with van der Waals surface area (Å²) in [5, 5.41) is 2.83. The normalized spacial score (nSPS) is 20.1. The molecule has 1 fully saturated rings. The Morgan fingerprint density at radius 2 is 2.14 bits per heavy atom. The van der Waals surface area contributed by atoms with Crippen molar-refractivity contribution in [1.82, 2.24) is 14.5 Å². The van der Waals surface area contributed by atoms with Crippen LogP contribution < -0.4 is 5.32 Å². The zero-order chi connectivity index (χ0) is 16.0. The van der Waals surface area contributed by atoms with Gasteiger partial charge in [-0.05, 0) is 27.2 Å². The van der Waals surface area contributed by atoms with Crippen LogP contribution in [0.25, 0.3) is 0 Å². The summed E-state index contributed by atoms with van der Waals surface area (Å²) < 4.78 is 30.0. The molecule has 0 aromatic rings. The molecule has 0 radical (unpaired) electrons. The van der Waals surface area contributed by atoms with Crippen LogP contribution in [0.4, 0.5) is 4.79 Å². The summed E-state index contributed by atoms with van der Waals surface area (Å²) in [4.78, 5) is 13.7. The van der Waals surface area contributed by atoms with E-state index in [0.29, 0.717) is 39.2 Å². The Bertz CT molecular complexity index is 439. The molecule has 124 valence electrons. The second-order valence-corrected chi connectivity index (χ2v) is 7.62. The van der Waals surface area contributed by atoms with Gasteiger partial charge in [0.2, 0.25) is 10.0 Å². The number of ether oxygens (including phenoxy) is 1. The molecule has 8 heteroatoms. The smallest absolute Gasteiger partial charge is 0.317 e. The monoisotopic (exact) mass is 321 g/mol. The number of nitrogens with one attached hydrogen (secondary N) is 1. The Balaban J connectivity index is 2.31. The molecule has 0 spiro atoms. The molecule has 1 heterocycles. The van der Waals surface area contributed by atoms with E-state index in [9.17, 15) is 13.2 Å². The van der Waals surface area contributed by atoms with Gasteiger partial charge in [0, 0.05) is 32.2 Å². The van der Waals surface area contributed by atoms with Crippen molar-refractivity contribution in [3.8, 4) is 0 Å². The average molecular weight is 321 g/mol. The second-order valence-electron chi connectivity index (χ2n) is 5.68. The van der Waals surface area contributed by atoms with Crippen molar-refractivity contribution in [1.29, 1.82) is 0 Å². The summed E-state index contributed by atoms with van der Waals surface area (Å²) in [5.74, 6) is 0. The van der Waals surface area contributed by atoms with Crippen LogP contribution in [0.3, 0.4) is 0 Å². The minimum absolute atomic E-state index is 0.0613. The van der Waals surface area contributed by atoms with E-state index in [2.05, 4.69) is 5.32 Å². The standard InChI is InChI=1S/C13H27N3O4S/c1-11(2)16(21(4,18)19)7-5-6-14-13(17)15-8-9-20-12(3)10-15/h11-12H,5-10H2,1-4H3,(H,14,17)/t12-/m1/s1. The molecule has 1 atom stereocenters. The molecule has 7 nitrogen and oxygen atoms in total. The molecule has 0 aromatic heterocycles. The number of morpholine rings is 1. The maximum absolute atomic E-state index is 11.9. The Morgan fingerprint density at radius 1 is 1.48 bits per heavy atom. The Hall–Kier alpha value is -0.860. The first-order valence-corrected chi connectivity index (χ1v) is 9.18. The summed E-state index contributed by atoms with van der Waals surface area (Å²) in [5.41, 5.74) is 0. The lowest BCUT2D eigenvalue weighted by Crippen LogP contribution is -2.49. The minimum Gasteiger partial charge on any atom is -0.375 e. The lowest BCUT2D eigenvalue weighted by molar-refractivity contribution is -0.00345. The molecule has 21 heavy (non-hydrogen) atoms. The van der Waals surface area contributed by atoms with E-state index in [4.69, 9.17) is 4.74 Å². The first kappa shape index (κ1) is 18.2. The summed E-state index contributed by atoms with van der Waals surface area (Å²) in [7, 11) is -3.20. The van der Waals surface area contributed by atoms with E-state index in [0.717, 1.165) is 0 Å². The van der Waals surface area contributed by atoms with Crippen molar-refractivity contribution in [3.05, 3.63) is 0 Å². The summed E-state index contributed by atoms with van der Waals surface area (Å²) in [6, 6.07) is -0.184. The van der Waals surface area contributed by atoms with Crippen LogP contribution >= 0.6 is 0 Å². The van der Waals surface area contributed by atoms with Crippen molar-refractivity contribution in [2.75, 3.05) is 39.0 Å². The first-order valence-electron chi connectivity index (χ1n) is 7.33. The zero-order valence-corrected chi connectivity index (χ0v) is 14.1. The van der Waals surface area contributed by atoms with Gasteiger partial charge in [-0.2, -0.15) is 4.31 Å². The molecule has 1 N–H and O–H groups in total. The molecule has 0 unspecified atom stereocenters. The summed E-state index contributed by atoms with van der Waals surface area (Å²) in [6.07, 6.45) is 1.86. The van der Waals surface area contributed by atoms with Crippen molar-refractivity contribution in [2.45, 2.75) is 39.3 Å². The van der Waals surface area contributed by atoms with Crippen molar-refractivity contribution in [2.24, 2.45) is 0 Å². The lowest BCUT2D eigenvalue weighted by atomic mass is 10.3. The van der Waals surface area contributed by atoms with Crippen molar-refractivity contribution in [3.63, 3.8) is 0 Å². The van der Waals surface area contributed by atoms with Gasteiger partial charge in [-0.3, -0.25) is 0 Å². The van der Waals surface area contributed by atoms with Crippen LogP contribution in [0.15, 0.2) is 0 Å². The number of hydrogen-bond donors (Lipinski definition) is 1. The van der Waals surface area contributed by atoms with Crippen molar-refractivity contribution >= 4 is 16.1 Å². The molecular weight excluding hydrogens is 294 g/mol. The van der Waals surface area contributed by atoms with Crippen LogP contribution in [0.2, 0.25) is 0 Å². The highest BCUT2D eigenvalue weighted by Crippen LogP contribution is 2.06. The van der Waals surface area contributed by atoms with Gasteiger partial charge in [-0.15, -0.1) is 0 Å². The molecule has 2 amide bonds. The number of carbonyl (C=O) groups is 1. The van der Waals surface area contributed by atoms with Gasteiger partial charge in [0.15, 0.2) is 0 Å². The lowest BCUT2D eigenvalue weighted by Gasteiger charge is -2.31. The zero-order valence-electron chi connectivity index (χ0n) is 13.3. The van der Waals surface area contributed by atoms with Crippen LogP contribution in [0, 0.1) is 0 Å². The van der Waals surface area contributed by atoms with E-state index in [1.54, 1.807) is 4.90 Å². The fraction of sp³-hybridized carbons (Fsp3) is 0.923. The van der Waals surface area contributed by atoms with E-state index in [1.165, 1.54) is 10.6 Å². The van der Waals surface area contributed by atoms with Gasteiger partial charge in [-0.25, -0.2) is 13.2 Å². The van der Waals surface area contributed by atoms with Crippen LogP contribution in [0.1, 0.15) is 27.2 Å². The molecule has 0 aromatic carbocycles. The third kappa shape index (κ3) is 6.19. The molecule has 0 aliphatic carbocycles. The highest BCUT2D eigenvalue weighted by molar-refractivity contribution is 7.88. The molecule has 1 aliphatic heterocycles. The summed E-state index contributed by atoms with van der Waals surface area (Å²) in [6.45, 7) is 8.24. The van der Waals surface area contributed by atoms with Gasteiger partial charge in [0.25, 0.3) is 0 Å². The molecule has 0 bridgehead atoms. The predicted octanol–water partition coefficient (Wildman–Crippen LogP) is 0.477. The van der Waals surface area contributed by atoms with Crippen LogP contribution in [-0.4, -0.2) is 74.8 Å². The highest BCUT2D eigenvalue weighted by atomic mass is 32.2. The van der Waals surface area contributed by atoms with E-state index < -0.39 is 10.0 Å². The average Bonchev–Trinajstić information content (AvgIpc) is 2.36. The molecule has 1 saturated heterocycles. The summed E-state index contributed by atoms with van der Waals surface area (Å²) >= 11 is 0. The largest absolute Gasteiger partial charge is 0.375 e. The Morgan fingerprint density at radius 3 is 2.67 bits per heavy atom. The third-order valence-electron chi connectivity index (χ3n) is 3.36. The second kappa shape index (κ2) is 7.95. The number of amides is 2. The van der Waals surface area contributed by atoms with Gasteiger partial charge in [0.1, 0.15) is 0 Å². The minimum atomic E-state index is -3.20. The number of nitrogens with zero attached hydrogens (tertiary/aromatic N) is 2. The van der Waals surface area contributed by atoms with E-state index >= 15 is 0 Å². The molecule has 0 saturated carbocycles. The number of carbonyl (C=O) groups excluding carboxylic acids is 1. The number of hydrogen-bond acceptors (Lipinski definition) is 4. The number of sulfonamides is 1. The first-order chi connectivity index (χ1) is 9.71.